The summed E-state index contributed by atoms with van der Waals surface area (Å²) in [5, 5.41) is 24.3. The highest BCUT2D eigenvalue weighted by Gasteiger charge is 2.65. The monoisotopic (exact) mass is 734 g/mol. The number of aliphatic hydroxyl groups excluding tert-OH is 2. The molecule has 2 aromatic rings. The number of fused-ring (bicyclic) bond motifs is 2. The van der Waals surface area contributed by atoms with Gasteiger partial charge < -0.3 is 34.0 Å². The summed E-state index contributed by atoms with van der Waals surface area (Å²) in [7, 11) is 0. The van der Waals surface area contributed by atoms with Crippen LogP contribution in [0.2, 0.25) is 0 Å². The molecule has 10 nitrogen and oxygen atoms in total. The van der Waals surface area contributed by atoms with Crippen LogP contribution in [0.25, 0.3) is 0 Å². The maximum Gasteiger partial charge on any atom is 0.410 e. The Morgan fingerprint density at radius 2 is 1.75 bits per heavy atom. The minimum absolute atomic E-state index is 0.0678. The summed E-state index contributed by atoms with van der Waals surface area (Å²) in [5.41, 5.74) is 3.28. The molecule has 53 heavy (non-hydrogen) atoms. The van der Waals surface area contributed by atoms with E-state index in [1.54, 1.807) is 36.1 Å². The van der Waals surface area contributed by atoms with Gasteiger partial charge in [-0.25, -0.2) is 9.18 Å². The smallest absolute Gasteiger partial charge is 0.410 e. The van der Waals surface area contributed by atoms with E-state index < -0.39 is 23.8 Å². The van der Waals surface area contributed by atoms with Crippen LogP contribution in [0.5, 0.6) is 11.5 Å². The largest absolute Gasteiger partial charge is 0.490 e. The van der Waals surface area contributed by atoms with Crippen molar-refractivity contribution < 1.29 is 43.2 Å². The zero-order valence-electron chi connectivity index (χ0n) is 31.1. The Morgan fingerprint density at radius 3 is 2.43 bits per heavy atom. The Kier molecular flexibility index (Phi) is 14.5. The van der Waals surface area contributed by atoms with Crippen LogP contribution in [-0.4, -0.2) is 78.4 Å². The van der Waals surface area contributed by atoms with E-state index >= 15 is 0 Å². The molecule has 1 saturated carbocycles. The molecule has 0 aromatic heterocycles. The van der Waals surface area contributed by atoms with Crippen LogP contribution in [0, 0.1) is 23.6 Å². The Labute approximate surface area is 312 Å². The van der Waals surface area contributed by atoms with Crippen LogP contribution in [0.4, 0.5) is 9.18 Å². The number of aliphatic hydroxyl groups is 2. The molecule has 5 rings (SSSR count). The molecule has 11 heteroatoms. The number of hydrogen-bond donors (Lipinski definition) is 2. The van der Waals surface area contributed by atoms with Gasteiger partial charge >= 0.3 is 6.09 Å². The second-order valence-corrected chi connectivity index (χ2v) is 13.7. The number of hydrogen-bond acceptors (Lipinski definition) is 9. The first-order valence-electron chi connectivity index (χ1n) is 19.0. The number of carbonyl (C=O) groups is 1. The van der Waals surface area contributed by atoms with Gasteiger partial charge in [0.15, 0.2) is 0 Å². The number of oxime groups is 1. The third-order valence-corrected chi connectivity index (χ3v) is 10.5. The molecule has 288 valence electrons. The van der Waals surface area contributed by atoms with E-state index in [1.165, 1.54) is 12.1 Å². The van der Waals surface area contributed by atoms with Crippen molar-refractivity contribution in [3.8, 4) is 11.5 Å². The standard InChI is InChI=1S/C42H55FN2O8/c1-5-23-50-32-19-20-37-35(26-32)39-33(14-10-12-22-47)30(13-9-11-21-46)25-34-36(44-52-8-4)27-38(42(53-37,40(34)39)51-24-6-2)45(41(48)49-7-3)28-29-15-17-31(43)18-16-29/h5-6,15-20,25-26,30,33,38-40,46-47H,1-2,7-14,21-24,27-28H2,3-4H3/t30-,33+,38-,39+,40+,42+/m0/s1. The van der Waals surface area contributed by atoms with Crippen molar-refractivity contribution >= 4 is 11.8 Å². The van der Waals surface area contributed by atoms with Crippen LogP contribution < -0.4 is 9.47 Å². The molecule has 1 heterocycles. The maximum atomic E-state index is 14.1. The fraction of sp³-hybridized carbons (Fsp3) is 0.524. The van der Waals surface area contributed by atoms with Crippen LogP contribution in [0.15, 0.2) is 84.6 Å². The summed E-state index contributed by atoms with van der Waals surface area (Å²) >= 11 is 0. The highest BCUT2D eigenvalue weighted by molar-refractivity contribution is 6.03. The summed E-state index contributed by atoms with van der Waals surface area (Å²) in [6.07, 6.45) is 9.95. The number of halogens is 1. The predicted molar refractivity (Wildman–Crippen MR) is 201 cm³/mol. The Balaban J connectivity index is 1.79. The van der Waals surface area contributed by atoms with Gasteiger partial charge in [0, 0.05) is 37.7 Å². The predicted octanol–water partition coefficient (Wildman–Crippen LogP) is 7.70. The van der Waals surface area contributed by atoms with Crippen molar-refractivity contribution in [3.05, 3.63) is 96.4 Å². The van der Waals surface area contributed by atoms with Crippen molar-refractivity contribution in [2.75, 3.05) is 39.6 Å². The summed E-state index contributed by atoms with van der Waals surface area (Å²) in [6.45, 7) is 12.7. The number of carbonyl (C=O) groups excluding carboxylic acids is 1. The first-order chi connectivity index (χ1) is 25.8. The first-order valence-corrected chi connectivity index (χ1v) is 19.0. The van der Waals surface area contributed by atoms with Gasteiger partial charge in [-0.15, -0.1) is 6.58 Å². The van der Waals surface area contributed by atoms with Gasteiger partial charge in [-0.3, -0.25) is 4.90 Å². The Morgan fingerprint density at radius 1 is 1.02 bits per heavy atom. The molecule has 1 fully saturated rings. The minimum Gasteiger partial charge on any atom is -0.490 e. The minimum atomic E-state index is -1.44. The number of benzene rings is 2. The van der Waals surface area contributed by atoms with Gasteiger partial charge in [0.2, 0.25) is 5.79 Å². The van der Waals surface area contributed by atoms with Crippen LogP contribution in [0.1, 0.15) is 75.8 Å². The van der Waals surface area contributed by atoms with Crippen molar-refractivity contribution in [1.82, 2.24) is 4.90 Å². The number of unbranched alkanes of at least 4 members (excludes halogenated alkanes) is 2. The fourth-order valence-electron chi connectivity index (χ4n) is 8.33. The summed E-state index contributed by atoms with van der Waals surface area (Å²) in [5.74, 6) is -1.03. The molecule has 0 radical (unpaired) electrons. The average molecular weight is 735 g/mol. The molecule has 0 saturated heterocycles. The SMILES string of the molecule is C=CCOc1ccc2c(c1)[C@H]1[C@H](CCCCO)[C@@H](CCCCO)C=C3C(=NOCC)C[C@H](N(Cc4ccc(F)cc4)C(=O)OCC)[C@@](OCC=C)(O2)[C@H]31. The van der Waals surface area contributed by atoms with Gasteiger partial charge in [-0.2, -0.15) is 0 Å². The van der Waals surface area contributed by atoms with Crippen LogP contribution in [0.3, 0.4) is 0 Å². The fourth-order valence-corrected chi connectivity index (χ4v) is 8.33. The molecular weight excluding hydrogens is 679 g/mol. The number of amides is 1. The second-order valence-electron chi connectivity index (χ2n) is 13.7. The van der Waals surface area contributed by atoms with Crippen molar-refractivity contribution in [1.29, 1.82) is 0 Å². The molecule has 0 unspecified atom stereocenters. The lowest BCUT2D eigenvalue weighted by atomic mass is 9.55. The molecule has 3 aliphatic rings. The highest BCUT2D eigenvalue weighted by Crippen LogP contribution is 2.62. The van der Waals surface area contributed by atoms with Gasteiger partial charge in [-0.1, -0.05) is 54.9 Å². The quantitative estimate of drug-likeness (QED) is 0.0808. The molecule has 2 aliphatic carbocycles. The lowest BCUT2D eigenvalue weighted by molar-refractivity contribution is -0.256. The molecule has 2 N–H and O–H groups in total. The van der Waals surface area contributed by atoms with Crippen LogP contribution in [-0.2, 0) is 20.9 Å². The topological polar surface area (TPSA) is 119 Å². The normalized spacial score (nSPS) is 25.0. The zero-order valence-corrected chi connectivity index (χ0v) is 31.1. The van der Waals surface area contributed by atoms with E-state index in [9.17, 15) is 19.4 Å². The van der Waals surface area contributed by atoms with Gasteiger partial charge in [0.25, 0.3) is 0 Å². The summed E-state index contributed by atoms with van der Waals surface area (Å²) < 4.78 is 40.0. The first kappa shape index (κ1) is 40.0. The lowest BCUT2D eigenvalue weighted by Crippen LogP contribution is -2.70. The maximum absolute atomic E-state index is 14.1. The van der Waals surface area contributed by atoms with E-state index in [0.717, 1.165) is 36.8 Å². The third kappa shape index (κ3) is 8.96. The van der Waals surface area contributed by atoms with Gasteiger partial charge in [-0.05, 0) is 92.8 Å². The molecule has 6 atom stereocenters. The summed E-state index contributed by atoms with van der Waals surface area (Å²) in [4.78, 5) is 21.5. The molecule has 1 aliphatic heterocycles. The Hall–Kier alpha value is -4.19. The number of rotatable bonds is 20. The lowest BCUT2D eigenvalue weighted by Gasteiger charge is -2.59. The molecule has 2 aromatic carbocycles. The van der Waals surface area contributed by atoms with E-state index in [-0.39, 0.29) is 63.0 Å². The Bertz CT molecular complexity index is 1600. The second kappa shape index (κ2) is 19.2. The highest BCUT2D eigenvalue weighted by atomic mass is 19.1. The molecule has 0 bridgehead atoms. The van der Waals surface area contributed by atoms with E-state index in [4.69, 9.17) is 28.9 Å². The summed E-state index contributed by atoms with van der Waals surface area (Å²) in [6, 6.07) is 11.1. The molecule has 0 spiro atoms. The molecule has 1 amide bonds. The van der Waals surface area contributed by atoms with E-state index in [1.807, 2.05) is 25.1 Å². The van der Waals surface area contributed by atoms with Crippen molar-refractivity contribution in [3.63, 3.8) is 0 Å². The zero-order chi connectivity index (χ0) is 37.8. The molecular formula is C42H55FN2O8. The van der Waals surface area contributed by atoms with Gasteiger partial charge in [0.1, 0.15) is 36.6 Å². The van der Waals surface area contributed by atoms with Crippen molar-refractivity contribution in [2.45, 2.75) is 83.1 Å². The van der Waals surface area contributed by atoms with E-state index in [0.29, 0.717) is 48.8 Å². The number of nitrogens with zero attached hydrogens (tertiary/aromatic N) is 2. The van der Waals surface area contributed by atoms with Gasteiger partial charge in [0.05, 0.1) is 24.8 Å². The van der Waals surface area contributed by atoms with Crippen LogP contribution >= 0.6 is 0 Å². The van der Waals surface area contributed by atoms with E-state index in [2.05, 4.69) is 19.2 Å². The third-order valence-electron chi connectivity index (χ3n) is 10.5. The number of allylic oxidation sites excluding steroid dienone is 1. The van der Waals surface area contributed by atoms with Crippen molar-refractivity contribution in [2.24, 2.45) is 22.9 Å². The average Bonchev–Trinajstić information content (AvgIpc) is 3.16. The number of ether oxygens (including phenoxy) is 4.